The fraction of sp³-hybridized carbons (Fsp3) is 0.667. The lowest BCUT2D eigenvalue weighted by Gasteiger charge is -2.14. The van der Waals surface area contributed by atoms with Crippen LogP contribution >= 0.6 is 0 Å². The molecule has 0 heterocycles. The van der Waals surface area contributed by atoms with Crippen LogP contribution in [0.1, 0.15) is 32.6 Å². The number of aliphatic imine (C=N–C) groups is 2. The Morgan fingerprint density at radius 1 is 1.00 bits per heavy atom. The van der Waals surface area contributed by atoms with Gasteiger partial charge in [0.2, 0.25) is 11.8 Å². The highest BCUT2D eigenvalue weighted by Gasteiger charge is 2.15. The van der Waals surface area contributed by atoms with Crippen LogP contribution in [0.15, 0.2) is 9.98 Å². The van der Waals surface area contributed by atoms with Gasteiger partial charge in [-0.05, 0) is 25.7 Å². The Morgan fingerprint density at radius 2 is 1.54 bits per heavy atom. The van der Waals surface area contributed by atoms with Gasteiger partial charge in [0.1, 0.15) is 6.29 Å². The molecular formula is C15H30N8O3. The number of nitrogens with one attached hydrogen (secondary N) is 2. The number of carbonyl (C=O) groups is 3. The Bertz CT molecular complexity index is 513. The number of amides is 2. The normalized spacial score (nSPS) is 12.3. The molecule has 0 fully saturated rings. The summed E-state index contributed by atoms with van der Waals surface area (Å²) < 4.78 is 0. The van der Waals surface area contributed by atoms with Crippen LogP contribution in [0.2, 0.25) is 0 Å². The van der Waals surface area contributed by atoms with Gasteiger partial charge in [0.25, 0.3) is 0 Å². The Kier molecular flexibility index (Phi) is 12.0. The number of nitrogens with zero attached hydrogens (tertiary/aromatic N) is 2. The highest BCUT2D eigenvalue weighted by atomic mass is 16.2. The van der Waals surface area contributed by atoms with Gasteiger partial charge in [0.15, 0.2) is 11.9 Å². The third kappa shape index (κ3) is 12.6. The SMILES string of the molecule is C[C@H](CCCN=C(N)N)C(=O)NCC(=O)N[C@H](C=O)CCCN=C(N)N. The Hall–Kier alpha value is -2.85. The van der Waals surface area contributed by atoms with Crippen molar-refractivity contribution in [1.29, 1.82) is 0 Å². The number of hydrogen-bond donors (Lipinski definition) is 6. The molecule has 148 valence electrons. The van der Waals surface area contributed by atoms with Crippen molar-refractivity contribution in [3.05, 3.63) is 0 Å². The minimum atomic E-state index is -0.648. The first kappa shape index (κ1) is 23.1. The number of carbonyl (C=O) groups excluding carboxylic acids is 3. The summed E-state index contributed by atoms with van der Waals surface area (Å²) in [4.78, 5) is 42.4. The maximum Gasteiger partial charge on any atom is 0.239 e. The Labute approximate surface area is 153 Å². The Morgan fingerprint density at radius 3 is 2.04 bits per heavy atom. The van der Waals surface area contributed by atoms with E-state index >= 15 is 0 Å². The second-order valence-electron chi connectivity index (χ2n) is 5.83. The maximum atomic E-state index is 11.9. The van der Waals surface area contributed by atoms with E-state index in [1.165, 1.54) is 0 Å². The van der Waals surface area contributed by atoms with Gasteiger partial charge in [-0.2, -0.15) is 0 Å². The molecule has 2 amide bonds. The molecular weight excluding hydrogens is 340 g/mol. The molecule has 0 aliphatic rings. The van der Waals surface area contributed by atoms with Crippen LogP contribution in [0, 0.1) is 5.92 Å². The van der Waals surface area contributed by atoms with Crippen molar-refractivity contribution in [2.45, 2.75) is 38.6 Å². The van der Waals surface area contributed by atoms with Crippen LogP contribution < -0.4 is 33.6 Å². The smallest absolute Gasteiger partial charge is 0.239 e. The topological polar surface area (TPSA) is 204 Å². The maximum absolute atomic E-state index is 11.9. The molecule has 0 saturated carbocycles. The minimum Gasteiger partial charge on any atom is -0.370 e. The number of hydrogen-bond acceptors (Lipinski definition) is 5. The summed E-state index contributed by atoms with van der Waals surface area (Å²) in [6.07, 6.45) is 2.83. The average Bonchev–Trinajstić information content (AvgIpc) is 2.58. The molecule has 0 saturated heterocycles. The van der Waals surface area contributed by atoms with Crippen LogP contribution in [0.4, 0.5) is 0 Å². The van der Waals surface area contributed by atoms with Crippen LogP contribution in [-0.4, -0.2) is 55.7 Å². The lowest BCUT2D eigenvalue weighted by molar-refractivity contribution is -0.129. The van der Waals surface area contributed by atoms with Gasteiger partial charge in [-0.25, -0.2) is 0 Å². The summed E-state index contributed by atoms with van der Waals surface area (Å²) in [5.74, 6) is -0.975. The van der Waals surface area contributed by atoms with E-state index in [-0.39, 0.29) is 30.3 Å². The van der Waals surface area contributed by atoms with Crippen molar-refractivity contribution >= 4 is 30.0 Å². The van der Waals surface area contributed by atoms with Crippen molar-refractivity contribution in [2.24, 2.45) is 38.8 Å². The van der Waals surface area contributed by atoms with Gasteiger partial charge >= 0.3 is 0 Å². The summed E-state index contributed by atoms with van der Waals surface area (Å²) >= 11 is 0. The van der Waals surface area contributed by atoms with Crippen molar-refractivity contribution in [2.75, 3.05) is 19.6 Å². The molecule has 0 aliphatic heterocycles. The van der Waals surface area contributed by atoms with Crippen molar-refractivity contribution in [3.63, 3.8) is 0 Å². The molecule has 0 bridgehead atoms. The molecule has 11 nitrogen and oxygen atoms in total. The summed E-state index contributed by atoms with van der Waals surface area (Å²) in [6.45, 7) is 2.37. The van der Waals surface area contributed by atoms with E-state index < -0.39 is 11.9 Å². The molecule has 0 aromatic heterocycles. The van der Waals surface area contributed by atoms with E-state index in [4.69, 9.17) is 22.9 Å². The van der Waals surface area contributed by atoms with E-state index in [2.05, 4.69) is 20.6 Å². The summed E-state index contributed by atoms with van der Waals surface area (Å²) in [6, 6.07) is -0.648. The zero-order valence-electron chi connectivity index (χ0n) is 15.1. The number of nitrogens with two attached hydrogens (primary N) is 4. The average molecular weight is 370 g/mol. The first-order valence-electron chi connectivity index (χ1n) is 8.39. The van der Waals surface area contributed by atoms with Crippen molar-refractivity contribution in [1.82, 2.24) is 10.6 Å². The lowest BCUT2D eigenvalue weighted by atomic mass is 10.1. The molecule has 0 aliphatic carbocycles. The van der Waals surface area contributed by atoms with E-state index in [9.17, 15) is 14.4 Å². The zero-order valence-corrected chi connectivity index (χ0v) is 15.1. The second kappa shape index (κ2) is 13.4. The minimum absolute atomic E-state index is 0.0156. The first-order chi connectivity index (χ1) is 12.3. The van der Waals surface area contributed by atoms with E-state index in [0.29, 0.717) is 45.1 Å². The van der Waals surface area contributed by atoms with Crippen LogP contribution in [-0.2, 0) is 14.4 Å². The van der Waals surface area contributed by atoms with Gasteiger partial charge in [-0.3, -0.25) is 19.6 Å². The van der Waals surface area contributed by atoms with Crippen LogP contribution in [0.25, 0.3) is 0 Å². The summed E-state index contributed by atoms with van der Waals surface area (Å²) in [7, 11) is 0. The molecule has 0 radical (unpaired) electrons. The highest BCUT2D eigenvalue weighted by molar-refractivity contribution is 5.86. The lowest BCUT2D eigenvalue weighted by Crippen LogP contribution is -2.43. The molecule has 10 N–H and O–H groups in total. The van der Waals surface area contributed by atoms with Crippen LogP contribution in [0.5, 0.6) is 0 Å². The largest absolute Gasteiger partial charge is 0.370 e. The molecule has 2 atom stereocenters. The van der Waals surface area contributed by atoms with Gasteiger partial charge in [-0.1, -0.05) is 6.92 Å². The quantitative estimate of drug-likeness (QED) is 0.0890. The first-order valence-corrected chi connectivity index (χ1v) is 8.39. The molecule has 26 heavy (non-hydrogen) atoms. The molecule has 0 aromatic rings. The third-order valence-corrected chi connectivity index (χ3v) is 3.44. The highest BCUT2D eigenvalue weighted by Crippen LogP contribution is 2.05. The van der Waals surface area contributed by atoms with E-state index in [1.54, 1.807) is 6.92 Å². The van der Waals surface area contributed by atoms with Crippen molar-refractivity contribution in [3.8, 4) is 0 Å². The van der Waals surface area contributed by atoms with Gasteiger partial charge in [0, 0.05) is 19.0 Å². The zero-order chi connectivity index (χ0) is 19.9. The molecule has 0 rings (SSSR count). The fourth-order valence-corrected chi connectivity index (χ4v) is 2.03. The Balaban J connectivity index is 4.06. The fourth-order valence-electron chi connectivity index (χ4n) is 2.03. The summed E-state index contributed by atoms with van der Waals surface area (Å²) in [5, 5.41) is 5.07. The summed E-state index contributed by atoms with van der Waals surface area (Å²) in [5.41, 5.74) is 20.8. The molecule has 0 aromatic carbocycles. The predicted octanol–water partition coefficient (Wildman–Crippen LogP) is -2.47. The molecule has 0 spiro atoms. The number of aldehydes is 1. The van der Waals surface area contributed by atoms with Crippen LogP contribution in [0.3, 0.4) is 0 Å². The van der Waals surface area contributed by atoms with Gasteiger partial charge < -0.3 is 38.4 Å². The van der Waals surface area contributed by atoms with E-state index in [0.717, 1.165) is 0 Å². The number of guanidine groups is 2. The monoisotopic (exact) mass is 370 g/mol. The number of rotatable bonds is 13. The molecule has 0 unspecified atom stereocenters. The molecule has 11 heteroatoms. The second-order valence-corrected chi connectivity index (χ2v) is 5.83. The van der Waals surface area contributed by atoms with E-state index in [1.807, 2.05) is 0 Å². The standard InChI is InChI=1S/C15H30N8O3/c1-10(4-2-6-20-14(16)17)13(26)22-8-12(25)23-11(9-24)5-3-7-21-15(18)19/h9-11H,2-8H2,1H3,(H,22,26)(H,23,25)(H4,16,17,20)(H4,18,19,21)/t10-,11+/m1/s1. The van der Waals surface area contributed by atoms with Gasteiger partial charge in [0.05, 0.1) is 12.6 Å². The van der Waals surface area contributed by atoms with Crippen molar-refractivity contribution < 1.29 is 14.4 Å². The third-order valence-electron chi connectivity index (χ3n) is 3.44. The predicted molar refractivity (Wildman–Crippen MR) is 100.0 cm³/mol. The van der Waals surface area contributed by atoms with Gasteiger partial charge in [-0.15, -0.1) is 0 Å².